The van der Waals surface area contributed by atoms with E-state index >= 15 is 0 Å². The summed E-state index contributed by atoms with van der Waals surface area (Å²) < 4.78 is 31.4. The molecule has 0 aromatic heterocycles. The third kappa shape index (κ3) is 7.86. The highest BCUT2D eigenvalue weighted by molar-refractivity contribution is 7.92. The molecule has 8 nitrogen and oxygen atoms in total. The molecule has 0 unspecified atom stereocenters. The molecule has 2 atom stereocenters. The van der Waals surface area contributed by atoms with Crippen LogP contribution in [-0.2, 0) is 26.2 Å². The van der Waals surface area contributed by atoms with Gasteiger partial charge in [-0.1, -0.05) is 48.4 Å². The van der Waals surface area contributed by atoms with Gasteiger partial charge in [0.2, 0.25) is 21.8 Å². The van der Waals surface area contributed by atoms with Crippen molar-refractivity contribution in [2.75, 3.05) is 24.2 Å². The zero-order chi connectivity index (χ0) is 26.3. The molecule has 0 spiro atoms. The van der Waals surface area contributed by atoms with Gasteiger partial charge in [-0.25, -0.2) is 8.42 Å². The minimum Gasteiger partial charge on any atom is -0.495 e. The molecule has 0 heterocycles. The first-order valence-electron chi connectivity index (χ1n) is 11.3. The Labute approximate surface area is 213 Å². The predicted molar refractivity (Wildman–Crippen MR) is 139 cm³/mol. The van der Waals surface area contributed by atoms with Crippen LogP contribution in [0.2, 0.25) is 5.02 Å². The summed E-state index contributed by atoms with van der Waals surface area (Å²) in [6, 6.07) is 11.2. The maximum absolute atomic E-state index is 13.6. The summed E-state index contributed by atoms with van der Waals surface area (Å²) >= 11 is 6.20. The Morgan fingerprint density at radius 2 is 1.83 bits per heavy atom. The molecule has 0 radical (unpaired) electrons. The molecule has 35 heavy (non-hydrogen) atoms. The molecular formula is C25H34ClN3O5S. The second kappa shape index (κ2) is 12.3. The van der Waals surface area contributed by atoms with Crippen LogP contribution in [0, 0.1) is 6.92 Å². The van der Waals surface area contributed by atoms with Gasteiger partial charge in [0.15, 0.2) is 0 Å². The SMILES string of the molecule is CC[C@H](C)NC(=O)[C@@H](C)N(Cc1cccc(C)c1)C(=O)CN(c1ccc(OC)c(Cl)c1)S(C)(=O)=O. The van der Waals surface area contributed by atoms with Crippen LogP contribution < -0.4 is 14.4 Å². The number of anilines is 1. The van der Waals surface area contributed by atoms with E-state index in [-0.39, 0.29) is 29.2 Å². The van der Waals surface area contributed by atoms with Gasteiger partial charge in [-0.05, 0) is 51.0 Å². The Kier molecular flexibility index (Phi) is 9.97. The number of benzene rings is 2. The van der Waals surface area contributed by atoms with Crippen molar-refractivity contribution in [2.24, 2.45) is 0 Å². The summed E-state index contributed by atoms with van der Waals surface area (Å²) in [6.07, 6.45) is 1.76. The van der Waals surface area contributed by atoms with Gasteiger partial charge in [-0.2, -0.15) is 0 Å². The lowest BCUT2D eigenvalue weighted by molar-refractivity contribution is -0.139. The predicted octanol–water partition coefficient (Wildman–Crippen LogP) is 3.76. The highest BCUT2D eigenvalue weighted by atomic mass is 35.5. The number of sulfonamides is 1. The fourth-order valence-electron chi connectivity index (χ4n) is 3.48. The van der Waals surface area contributed by atoms with Crippen molar-refractivity contribution < 1.29 is 22.7 Å². The Bertz CT molecular complexity index is 1160. The number of carbonyl (C=O) groups excluding carboxylic acids is 2. The first-order chi connectivity index (χ1) is 16.4. The van der Waals surface area contributed by atoms with Crippen molar-refractivity contribution in [3.8, 4) is 5.75 Å². The summed E-state index contributed by atoms with van der Waals surface area (Å²) in [5, 5.41) is 3.11. The average Bonchev–Trinajstić information content (AvgIpc) is 2.79. The number of ether oxygens (including phenoxy) is 1. The normalized spacial score (nSPS) is 13.0. The minimum absolute atomic E-state index is 0.0603. The smallest absolute Gasteiger partial charge is 0.244 e. The van der Waals surface area contributed by atoms with E-state index in [0.29, 0.717) is 5.75 Å². The number of carbonyl (C=O) groups is 2. The molecule has 2 rings (SSSR count). The van der Waals surface area contributed by atoms with Gasteiger partial charge in [0.05, 0.1) is 24.1 Å². The Morgan fingerprint density at radius 3 is 2.37 bits per heavy atom. The third-order valence-electron chi connectivity index (χ3n) is 5.71. The molecule has 0 aliphatic carbocycles. The lowest BCUT2D eigenvalue weighted by atomic mass is 10.1. The second-order valence-electron chi connectivity index (χ2n) is 8.59. The molecule has 2 amide bonds. The number of nitrogens with zero attached hydrogens (tertiary/aromatic N) is 2. The van der Waals surface area contributed by atoms with Gasteiger partial charge < -0.3 is 15.0 Å². The maximum Gasteiger partial charge on any atom is 0.244 e. The van der Waals surface area contributed by atoms with Gasteiger partial charge in [0, 0.05) is 12.6 Å². The number of rotatable bonds is 11. The van der Waals surface area contributed by atoms with E-state index < -0.39 is 28.5 Å². The molecule has 2 aromatic carbocycles. The number of nitrogens with one attached hydrogen (secondary N) is 1. The Balaban J connectivity index is 2.41. The van der Waals surface area contributed by atoms with Crippen molar-refractivity contribution in [1.29, 1.82) is 0 Å². The standard InChI is InChI=1S/C25H34ClN3O5S/c1-7-18(3)27-25(31)19(4)28(15-20-10-8-9-17(2)13-20)24(30)16-29(35(6,32)33)21-11-12-23(34-5)22(26)14-21/h8-14,18-19H,7,15-16H2,1-6H3,(H,27,31)/t18-,19+/m0/s1. The van der Waals surface area contributed by atoms with Crippen molar-refractivity contribution in [3.63, 3.8) is 0 Å². The van der Waals surface area contributed by atoms with Crippen LogP contribution in [0.5, 0.6) is 5.75 Å². The lowest BCUT2D eigenvalue weighted by Crippen LogP contribution is -2.52. The quantitative estimate of drug-likeness (QED) is 0.484. The number of halogens is 1. The molecule has 0 bridgehead atoms. The minimum atomic E-state index is -3.85. The number of hydrogen-bond acceptors (Lipinski definition) is 5. The van der Waals surface area contributed by atoms with E-state index in [4.69, 9.17) is 16.3 Å². The Morgan fingerprint density at radius 1 is 1.14 bits per heavy atom. The van der Waals surface area contributed by atoms with E-state index in [0.717, 1.165) is 28.1 Å². The van der Waals surface area contributed by atoms with E-state index in [1.54, 1.807) is 6.92 Å². The zero-order valence-corrected chi connectivity index (χ0v) is 22.6. The van der Waals surface area contributed by atoms with E-state index in [9.17, 15) is 18.0 Å². The summed E-state index contributed by atoms with van der Waals surface area (Å²) in [7, 11) is -2.39. The largest absolute Gasteiger partial charge is 0.495 e. The second-order valence-corrected chi connectivity index (χ2v) is 10.9. The van der Waals surface area contributed by atoms with Crippen LogP contribution in [0.4, 0.5) is 5.69 Å². The van der Waals surface area contributed by atoms with Gasteiger partial charge >= 0.3 is 0 Å². The van der Waals surface area contributed by atoms with Crippen LogP contribution >= 0.6 is 11.6 Å². The van der Waals surface area contributed by atoms with Gasteiger partial charge in [-0.3, -0.25) is 13.9 Å². The van der Waals surface area contributed by atoms with Crippen LogP contribution in [-0.4, -0.2) is 57.1 Å². The molecule has 0 saturated heterocycles. The van der Waals surface area contributed by atoms with Gasteiger partial charge in [-0.15, -0.1) is 0 Å². The molecular weight excluding hydrogens is 490 g/mol. The molecule has 0 aliphatic rings. The topological polar surface area (TPSA) is 96.0 Å². The van der Waals surface area contributed by atoms with Crippen molar-refractivity contribution in [3.05, 3.63) is 58.6 Å². The number of amides is 2. The van der Waals surface area contributed by atoms with Crippen LogP contribution in [0.3, 0.4) is 0 Å². The monoisotopic (exact) mass is 523 g/mol. The molecule has 0 saturated carbocycles. The summed E-state index contributed by atoms with van der Waals surface area (Å²) in [5.41, 5.74) is 2.07. The average molecular weight is 524 g/mol. The van der Waals surface area contributed by atoms with E-state index in [1.807, 2.05) is 45.0 Å². The van der Waals surface area contributed by atoms with Gasteiger partial charge in [0.1, 0.15) is 18.3 Å². The number of hydrogen-bond donors (Lipinski definition) is 1. The maximum atomic E-state index is 13.6. The van der Waals surface area contributed by atoms with Crippen LogP contribution in [0.15, 0.2) is 42.5 Å². The van der Waals surface area contributed by atoms with Crippen molar-refractivity contribution in [1.82, 2.24) is 10.2 Å². The zero-order valence-electron chi connectivity index (χ0n) is 21.0. The number of methoxy groups -OCH3 is 1. The van der Waals surface area contributed by atoms with Crippen LogP contribution in [0.25, 0.3) is 0 Å². The van der Waals surface area contributed by atoms with E-state index in [1.165, 1.54) is 30.2 Å². The number of aryl methyl sites for hydroxylation is 1. The summed E-state index contributed by atoms with van der Waals surface area (Å²) in [5.74, 6) is -0.443. The fourth-order valence-corrected chi connectivity index (χ4v) is 4.57. The molecule has 0 fully saturated rings. The van der Waals surface area contributed by atoms with Gasteiger partial charge in [0.25, 0.3) is 0 Å². The Hall–Kier alpha value is -2.78. The summed E-state index contributed by atoms with van der Waals surface area (Å²) in [4.78, 5) is 27.9. The first-order valence-corrected chi connectivity index (χ1v) is 13.6. The molecule has 2 aromatic rings. The van der Waals surface area contributed by atoms with Crippen LogP contribution in [0.1, 0.15) is 38.3 Å². The highest BCUT2D eigenvalue weighted by Crippen LogP contribution is 2.30. The summed E-state index contributed by atoms with van der Waals surface area (Å²) in [6.45, 7) is 7.07. The lowest BCUT2D eigenvalue weighted by Gasteiger charge is -2.32. The molecule has 10 heteroatoms. The van der Waals surface area contributed by atoms with E-state index in [2.05, 4.69) is 5.32 Å². The van der Waals surface area contributed by atoms with Crippen molar-refractivity contribution in [2.45, 2.75) is 52.7 Å². The van der Waals surface area contributed by atoms with Crippen molar-refractivity contribution >= 4 is 39.1 Å². The first kappa shape index (κ1) is 28.5. The molecule has 192 valence electrons. The molecule has 0 aliphatic heterocycles. The highest BCUT2D eigenvalue weighted by Gasteiger charge is 2.30. The molecule has 1 N–H and O–H groups in total. The third-order valence-corrected chi connectivity index (χ3v) is 7.14. The fraction of sp³-hybridized carbons (Fsp3) is 0.440.